The Hall–Kier alpha value is -0.530. The highest BCUT2D eigenvalue weighted by atomic mass is 16.4. The molecule has 0 amide bonds. The van der Waals surface area contributed by atoms with Crippen molar-refractivity contribution in [2.45, 2.75) is 201 Å². The van der Waals surface area contributed by atoms with Crippen molar-refractivity contribution in [3.05, 3.63) is 0 Å². The summed E-state index contributed by atoms with van der Waals surface area (Å²) in [6, 6.07) is 0. The number of carboxylic acids is 1. The van der Waals surface area contributed by atoms with Crippen LogP contribution in [-0.2, 0) is 4.79 Å². The topological polar surface area (TPSA) is 37.3 Å². The highest BCUT2D eigenvalue weighted by Crippen LogP contribution is 2.28. The minimum Gasteiger partial charge on any atom is -0.481 e. The summed E-state index contributed by atoms with van der Waals surface area (Å²) in [5, 5.41) is 9.90. The van der Waals surface area contributed by atoms with Crippen LogP contribution in [0.3, 0.4) is 0 Å². The molecule has 0 spiro atoms. The number of unbranched alkanes of at least 4 members (excludes halogenated alkanes) is 21. The molecule has 0 rings (SSSR count). The summed E-state index contributed by atoms with van der Waals surface area (Å²) < 4.78 is 0. The molecular formula is C34H68O2. The average molecular weight is 509 g/mol. The van der Waals surface area contributed by atoms with Gasteiger partial charge in [-0.25, -0.2) is 0 Å². The van der Waals surface area contributed by atoms with Crippen molar-refractivity contribution < 1.29 is 9.90 Å². The molecular weight excluding hydrogens is 440 g/mol. The van der Waals surface area contributed by atoms with Gasteiger partial charge in [-0.2, -0.15) is 0 Å². The second-order valence-corrected chi connectivity index (χ2v) is 11.9. The Labute approximate surface area is 228 Å². The van der Waals surface area contributed by atoms with Crippen molar-refractivity contribution in [3.8, 4) is 0 Å². The molecule has 0 heterocycles. The van der Waals surface area contributed by atoms with Crippen molar-refractivity contribution in [3.63, 3.8) is 0 Å². The minimum absolute atomic E-state index is 0.112. The highest BCUT2D eigenvalue weighted by Gasteiger charge is 2.22. The van der Waals surface area contributed by atoms with Crippen LogP contribution in [0.15, 0.2) is 0 Å². The summed E-state index contributed by atoms with van der Waals surface area (Å²) in [5.41, 5.74) is 0. The van der Waals surface area contributed by atoms with Crippen molar-refractivity contribution >= 4 is 5.97 Å². The summed E-state index contributed by atoms with van der Waals surface area (Å²) in [5.74, 6) is -0.0226. The average Bonchev–Trinajstić information content (AvgIpc) is 2.87. The molecule has 2 nitrogen and oxygen atoms in total. The van der Waals surface area contributed by atoms with E-state index in [1.54, 1.807) is 0 Å². The molecule has 0 aliphatic carbocycles. The molecule has 0 aromatic heterocycles. The first-order valence-electron chi connectivity index (χ1n) is 16.9. The summed E-state index contributed by atoms with van der Waals surface area (Å²) >= 11 is 0. The van der Waals surface area contributed by atoms with E-state index in [9.17, 15) is 9.90 Å². The zero-order valence-electron chi connectivity index (χ0n) is 25.3. The Morgan fingerprint density at radius 2 is 0.722 bits per heavy atom. The monoisotopic (exact) mass is 509 g/mol. The van der Waals surface area contributed by atoms with Crippen molar-refractivity contribution in [2.24, 2.45) is 11.8 Å². The van der Waals surface area contributed by atoms with Crippen LogP contribution in [0.5, 0.6) is 0 Å². The van der Waals surface area contributed by atoms with E-state index >= 15 is 0 Å². The number of hydrogen-bond acceptors (Lipinski definition) is 1. The smallest absolute Gasteiger partial charge is 0.306 e. The van der Waals surface area contributed by atoms with Gasteiger partial charge in [0, 0.05) is 0 Å². The third-order valence-electron chi connectivity index (χ3n) is 8.31. The first kappa shape index (κ1) is 35.5. The fourth-order valence-electron chi connectivity index (χ4n) is 5.78. The van der Waals surface area contributed by atoms with E-state index in [1.165, 1.54) is 161 Å². The van der Waals surface area contributed by atoms with E-state index in [-0.39, 0.29) is 5.92 Å². The largest absolute Gasteiger partial charge is 0.481 e. The van der Waals surface area contributed by atoms with Gasteiger partial charge < -0.3 is 5.11 Å². The van der Waals surface area contributed by atoms with Gasteiger partial charge in [0.2, 0.25) is 0 Å². The predicted octanol–water partition coefficient (Wildman–Crippen LogP) is 12.3. The number of carboxylic acid groups (broad SMARTS) is 1. The SMILES string of the molecule is CCCCCCCCCCCCCCCCC(CC(CCCCCC)CCCCCCCC)C(=O)O. The van der Waals surface area contributed by atoms with Gasteiger partial charge in [0.1, 0.15) is 0 Å². The van der Waals surface area contributed by atoms with E-state index in [2.05, 4.69) is 20.8 Å². The van der Waals surface area contributed by atoms with E-state index in [0.29, 0.717) is 5.92 Å². The molecule has 2 unspecified atom stereocenters. The molecule has 2 atom stereocenters. The maximum absolute atomic E-state index is 12.0. The number of rotatable bonds is 30. The van der Waals surface area contributed by atoms with Crippen LogP contribution in [0, 0.1) is 11.8 Å². The number of carbonyl (C=O) groups is 1. The zero-order valence-corrected chi connectivity index (χ0v) is 25.3. The van der Waals surface area contributed by atoms with Crippen LogP contribution in [0.1, 0.15) is 201 Å². The lowest BCUT2D eigenvalue weighted by molar-refractivity contribution is -0.142. The number of hydrogen-bond donors (Lipinski definition) is 1. The van der Waals surface area contributed by atoms with E-state index in [0.717, 1.165) is 19.3 Å². The van der Waals surface area contributed by atoms with Gasteiger partial charge in [0.25, 0.3) is 0 Å². The first-order chi connectivity index (χ1) is 17.7. The lowest BCUT2D eigenvalue weighted by Crippen LogP contribution is -2.18. The Balaban J connectivity index is 4.01. The van der Waals surface area contributed by atoms with Crippen molar-refractivity contribution in [2.75, 3.05) is 0 Å². The Kier molecular flexibility index (Phi) is 28.6. The molecule has 0 fully saturated rings. The number of aliphatic carboxylic acids is 1. The summed E-state index contributed by atoms with van der Waals surface area (Å²) in [6.45, 7) is 6.83. The fourth-order valence-corrected chi connectivity index (χ4v) is 5.78. The molecule has 0 saturated heterocycles. The van der Waals surface area contributed by atoms with Gasteiger partial charge in [-0.3, -0.25) is 4.79 Å². The van der Waals surface area contributed by atoms with E-state index in [1.807, 2.05) is 0 Å². The van der Waals surface area contributed by atoms with E-state index < -0.39 is 5.97 Å². The standard InChI is InChI=1S/C34H68O2/c1-4-7-10-13-15-16-17-18-19-20-21-22-24-27-30-33(34(35)36)31-32(28-25-12-9-6-3)29-26-23-14-11-8-5-2/h32-33H,4-31H2,1-3H3,(H,35,36). The molecule has 0 aliphatic heterocycles. The van der Waals surface area contributed by atoms with Crippen molar-refractivity contribution in [1.82, 2.24) is 0 Å². The second kappa shape index (κ2) is 29.0. The fraction of sp³-hybridized carbons (Fsp3) is 0.971. The van der Waals surface area contributed by atoms with Gasteiger partial charge in [0.05, 0.1) is 5.92 Å². The van der Waals surface area contributed by atoms with Crippen LogP contribution in [0.4, 0.5) is 0 Å². The van der Waals surface area contributed by atoms with Crippen LogP contribution in [0.25, 0.3) is 0 Å². The Bertz CT molecular complexity index is 433. The van der Waals surface area contributed by atoms with Gasteiger partial charge in [-0.15, -0.1) is 0 Å². The van der Waals surface area contributed by atoms with E-state index in [4.69, 9.17) is 0 Å². The van der Waals surface area contributed by atoms with Crippen molar-refractivity contribution in [1.29, 1.82) is 0 Å². The van der Waals surface area contributed by atoms with Gasteiger partial charge in [-0.1, -0.05) is 188 Å². The minimum atomic E-state index is -0.536. The van der Waals surface area contributed by atoms with Gasteiger partial charge in [0.15, 0.2) is 0 Å². The third kappa shape index (κ3) is 25.1. The molecule has 0 aromatic carbocycles. The summed E-state index contributed by atoms with van der Waals surface area (Å²) in [4.78, 5) is 12.0. The lowest BCUT2D eigenvalue weighted by Gasteiger charge is -2.21. The van der Waals surface area contributed by atoms with Crippen LogP contribution in [0.2, 0.25) is 0 Å². The third-order valence-corrected chi connectivity index (χ3v) is 8.31. The zero-order chi connectivity index (χ0) is 26.5. The van der Waals surface area contributed by atoms with Gasteiger partial charge in [-0.05, 0) is 18.8 Å². The second-order valence-electron chi connectivity index (χ2n) is 11.9. The highest BCUT2D eigenvalue weighted by molar-refractivity contribution is 5.69. The van der Waals surface area contributed by atoms with Crippen LogP contribution < -0.4 is 0 Å². The quantitative estimate of drug-likeness (QED) is 0.0979. The maximum atomic E-state index is 12.0. The molecule has 0 bridgehead atoms. The van der Waals surface area contributed by atoms with Crippen LogP contribution >= 0.6 is 0 Å². The molecule has 0 radical (unpaired) electrons. The molecule has 36 heavy (non-hydrogen) atoms. The Morgan fingerprint density at radius 3 is 1.06 bits per heavy atom. The van der Waals surface area contributed by atoms with Gasteiger partial charge >= 0.3 is 5.97 Å². The molecule has 2 heteroatoms. The predicted molar refractivity (Wildman–Crippen MR) is 161 cm³/mol. The normalized spacial score (nSPS) is 13.2. The maximum Gasteiger partial charge on any atom is 0.306 e. The molecule has 216 valence electrons. The van der Waals surface area contributed by atoms with Crippen LogP contribution in [-0.4, -0.2) is 11.1 Å². The lowest BCUT2D eigenvalue weighted by atomic mass is 9.84. The molecule has 0 aromatic rings. The molecule has 0 aliphatic rings. The molecule has 0 saturated carbocycles. The Morgan fingerprint density at radius 1 is 0.444 bits per heavy atom. The summed E-state index contributed by atoms with van der Waals surface area (Å²) in [6.07, 6.45) is 36.6. The molecule has 1 N–H and O–H groups in total. The first-order valence-corrected chi connectivity index (χ1v) is 16.9. The summed E-state index contributed by atoms with van der Waals surface area (Å²) in [7, 11) is 0.